The van der Waals surface area contributed by atoms with Crippen LogP contribution in [0.1, 0.15) is 42.4 Å². The molecule has 3 rings (SSSR count). The Morgan fingerprint density at radius 3 is 2.57 bits per heavy atom. The topological polar surface area (TPSA) is 33.4 Å². The van der Waals surface area contributed by atoms with Crippen molar-refractivity contribution in [3.8, 4) is 0 Å². The Morgan fingerprint density at radius 2 is 1.90 bits per heavy atom. The molecule has 0 aliphatic rings. The Morgan fingerprint density at radius 1 is 1.14 bits per heavy atom. The third-order valence-electron chi connectivity index (χ3n) is 3.40. The standard InChI is InChI=1S/C17H17FO2S/c1-17(2,3)15-7-6-14(21-15)16(19)13-9-10-8-11(18)4-5-12(10)20-13/h4-9,16,19H,1-3H3. The van der Waals surface area contributed by atoms with E-state index in [4.69, 9.17) is 4.42 Å². The SMILES string of the molecule is CC(C)(C)c1ccc(C(O)c2cc3cc(F)ccc3o2)s1. The molecule has 2 aromatic heterocycles. The molecule has 3 aromatic rings. The smallest absolute Gasteiger partial charge is 0.146 e. The van der Waals surface area contributed by atoms with Crippen LogP contribution in [0.5, 0.6) is 0 Å². The third-order valence-corrected chi connectivity index (χ3v) is 4.97. The molecule has 1 atom stereocenters. The van der Waals surface area contributed by atoms with E-state index in [0.29, 0.717) is 16.7 Å². The first-order chi connectivity index (χ1) is 9.84. The average molecular weight is 304 g/mol. The van der Waals surface area contributed by atoms with Gasteiger partial charge in [0.15, 0.2) is 0 Å². The van der Waals surface area contributed by atoms with Crippen LogP contribution in [-0.4, -0.2) is 5.11 Å². The van der Waals surface area contributed by atoms with Crippen LogP contribution in [0.25, 0.3) is 11.0 Å². The molecule has 1 N–H and O–H groups in total. The molecule has 0 amide bonds. The molecule has 0 spiro atoms. The molecule has 0 saturated carbocycles. The van der Waals surface area contributed by atoms with Crippen molar-refractivity contribution in [2.24, 2.45) is 0 Å². The monoisotopic (exact) mass is 304 g/mol. The Balaban J connectivity index is 1.96. The van der Waals surface area contributed by atoms with E-state index >= 15 is 0 Å². The summed E-state index contributed by atoms with van der Waals surface area (Å²) in [4.78, 5) is 2.04. The summed E-state index contributed by atoms with van der Waals surface area (Å²) in [6.45, 7) is 6.41. The molecule has 4 heteroatoms. The predicted octanol–water partition coefficient (Wildman–Crippen LogP) is 5.01. The fourth-order valence-corrected chi connectivity index (χ4v) is 3.27. The summed E-state index contributed by atoms with van der Waals surface area (Å²) in [7, 11) is 0. The molecule has 21 heavy (non-hydrogen) atoms. The van der Waals surface area contributed by atoms with E-state index in [-0.39, 0.29) is 11.2 Å². The first-order valence-electron chi connectivity index (χ1n) is 6.82. The second-order valence-electron chi connectivity index (χ2n) is 6.19. The second kappa shape index (κ2) is 4.97. The maximum Gasteiger partial charge on any atom is 0.146 e. The molecule has 1 aromatic carbocycles. The third kappa shape index (κ3) is 2.74. The van der Waals surface area contributed by atoms with Crippen LogP contribution in [0.4, 0.5) is 4.39 Å². The van der Waals surface area contributed by atoms with E-state index < -0.39 is 6.10 Å². The fourth-order valence-electron chi connectivity index (χ4n) is 2.21. The molecule has 0 radical (unpaired) electrons. The van der Waals surface area contributed by atoms with Crippen molar-refractivity contribution < 1.29 is 13.9 Å². The van der Waals surface area contributed by atoms with Gasteiger partial charge in [0.05, 0.1) is 0 Å². The van der Waals surface area contributed by atoms with Crippen LogP contribution in [0.2, 0.25) is 0 Å². The second-order valence-corrected chi connectivity index (χ2v) is 7.30. The van der Waals surface area contributed by atoms with Gasteiger partial charge in [0.25, 0.3) is 0 Å². The molecule has 0 bridgehead atoms. The van der Waals surface area contributed by atoms with Gasteiger partial charge in [-0.15, -0.1) is 11.3 Å². The zero-order chi connectivity index (χ0) is 15.2. The maximum atomic E-state index is 13.2. The minimum absolute atomic E-state index is 0.0552. The van der Waals surface area contributed by atoms with Crippen molar-refractivity contribution in [2.75, 3.05) is 0 Å². The Bertz CT molecular complexity index is 780. The number of benzene rings is 1. The van der Waals surface area contributed by atoms with Crippen LogP contribution < -0.4 is 0 Å². The first-order valence-corrected chi connectivity index (χ1v) is 7.63. The molecule has 0 fully saturated rings. The van der Waals surface area contributed by atoms with Crippen molar-refractivity contribution in [3.05, 3.63) is 57.7 Å². The van der Waals surface area contributed by atoms with Crippen LogP contribution in [0, 0.1) is 5.82 Å². The lowest BCUT2D eigenvalue weighted by molar-refractivity contribution is 0.196. The van der Waals surface area contributed by atoms with Gasteiger partial charge in [0.1, 0.15) is 23.3 Å². The number of fused-ring (bicyclic) bond motifs is 1. The van der Waals surface area contributed by atoms with E-state index in [1.54, 1.807) is 23.5 Å². The Labute approximate surface area is 126 Å². The minimum atomic E-state index is -0.818. The summed E-state index contributed by atoms with van der Waals surface area (Å²) in [5.74, 6) is 0.133. The van der Waals surface area contributed by atoms with Gasteiger partial charge in [0.2, 0.25) is 0 Å². The van der Waals surface area contributed by atoms with E-state index in [1.165, 1.54) is 17.0 Å². The highest BCUT2D eigenvalue weighted by Crippen LogP contribution is 2.36. The largest absolute Gasteiger partial charge is 0.458 e. The molecular formula is C17H17FO2S. The number of rotatable bonds is 2. The summed E-state index contributed by atoms with van der Waals surface area (Å²) in [6.07, 6.45) is -0.818. The van der Waals surface area contributed by atoms with Gasteiger partial charge in [-0.05, 0) is 41.8 Å². The molecule has 110 valence electrons. The summed E-state index contributed by atoms with van der Waals surface area (Å²) >= 11 is 1.57. The predicted molar refractivity (Wildman–Crippen MR) is 83.3 cm³/mol. The normalized spacial score (nSPS) is 13.8. The van der Waals surface area contributed by atoms with Gasteiger partial charge in [-0.3, -0.25) is 0 Å². The van der Waals surface area contributed by atoms with Gasteiger partial charge in [-0.1, -0.05) is 20.8 Å². The van der Waals surface area contributed by atoms with Crippen molar-refractivity contribution in [1.82, 2.24) is 0 Å². The number of hydrogen-bond acceptors (Lipinski definition) is 3. The van der Waals surface area contributed by atoms with Crippen LogP contribution in [0.15, 0.2) is 40.8 Å². The van der Waals surface area contributed by atoms with Gasteiger partial charge >= 0.3 is 0 Å². The first kappa shape index (κ1) is 14.3. The van der Waals surface area contributed by atoms with Crippen molar-refractivity contribution in [1.29, 1.82) is 0 Å². The van der Waals surface area contributed by atoms with Gasteiger partial charge in [-0.2, -0.15) is 0 Å². The lowest BCUT2D eigenvalue weighted by Gasteiger charge is -2.15. The minimum Gasteiger partial charge on any atom is -0.458 e. The summed E-state index contributed by atoms with van der Waals surface area (Å²) < 4.78 is 18.8. The van der Waals surface area contributed by atoms with Crippen LogP contribution in [-0.2, 0) is 5.41 Å². The zero-order valence-electron chi connectivity index (χ0n) is 12.2. The van der Waals surface area contributed by atoms with Crippen LogP contribution in [0.3, 0.4) is 0 Å². The van der Waals surface area contributed by atoms with Gasteiger partial charge in [0, 0.05) is 15.1 Å². The quantitative estimate of drug-likeness (QED) is 0.721. The van der Waals surface area contributed by atoms with Gasteiger partial charge < -0.3 is 9.52 Å². The van der Waals surface area contributed by atoms with Gasteiger partial charge in [-0.25, -0.2) is 4.39 Å². The van der Waals surface area contributed by atoms with Crippen molar-refractivity contribution in [2.45, 2.75) is 32.3 Å². The lowest BCUT2D eigenvalue weighted by atomic mass is 9.95. The lowest BCUT2D eigenvalue weighted by Crippen LogP contribution is -2.07. The molecule has 1 unspecified atom stereocenters. The molecule has 2 nitrogen and oxygen atoms in total. The summed E-state index contributed by atoms with van der Waals surface area (Å²) in [5, 5.41) is 11.1. The molecular weight excluding hydrogens is 287 g/mol. The summed E-state index contributed by atoms with van der Waals surface area (Å²) in [5.41, 5.74) is 0.637. The number of halogens is 1. The van der Waals surface area contributed by atoms with E-state index in [9.17, 15) is 9.50 Å². The van der Waals surface area contributed by atoms with Crippen molar-refractivity contribution in [3.63, 3.8) is 0 Å². The zero-order valence-corrected chi connectivity index (χ0v) is 13.0. The molecule has 0 aliphatic heterocycles. The number of thiophene rings is 1. The van der Waals surface area contributed by atoms with E-state index in [1.807, 2.05) is 12.1 Å². The number of furan rings is 1. The fraction of sp³-hybridized carbons (Fsp3) is 0.294. The van der Waals surface area contributed by atoms with Crippen LogP contribution >= 0.6 is 11.3 Å². The number of aliphatic hydroxyl groups is 1. The summed E-state index contributed by atoms with van der Waals surface area (Å²) in [6, 6.07) is 9.99. The number of hydrogen-bond donors (Lipinski definition) is 1. The maximum absolute atomic E-state index is 13.2. The van der Waals surface area contributed by atoms with E-state index in [2.05, 4.69) is 20.8 Å². The average Bonchev–Trinajstić information content (AvgIpc) is 3.03. The molecule has 0 aliphatic carbocycles. The number of aliphatic hydroxyl groups excluding tert-OH is 1. The Kier molecular flexibility index (Phi) is 3.38. The highest BCUT2D eigenvalue weighted by atomic mass is 32.1. The highest BCUT2D eigenvalue weighted by molar-refractivity contribution is 7.12. The molecule has 0 saturated heterocycles. The molecule has 2 heterocycles. The van der Waals surface area contributed by atoms with E-state index in [0.717, 1.165) is 4.88 Å². The van der Waals surface area contributed by atoms with Crippen molar-refractivity contribution >= 4 is 22.3 Å². The highest BCUT2D eigenvalue weighted by Gasteiger charge is 2.21. The Hall–Kier alpha value is -1.65.